The highest BCUT2D eigenvalue weighted by Crippen LogP contribution is 2.32. The molecule has 0 bridgehead atoms. The molecule has 1 aromatic heterocycles. The molecule has 0 spiro atoms. The predicted octanol–water partition coefficient (Wildman–Crippen LogP) is 4.29. The Morgan fingerprint density at radius 3 is 2.93 bits per heavy atom. The third kappa shape index (κ3) is 3.49. The highest BCUT2D eigenvalue weighted by molar-refractivity contribution is 9.10. The highest BCUT2D eigenvalue weighted by atomic mass is 79.9. The Balaban J connectivity index is 1.54. The highest BCUT2D eigenvalue weighted by Gasteiger charge is 2.16. The van der Waals surface area contributed by atoms with Gasteiger partial charge in [0.15, 0.2) is 11.5 Å². The largest absolute Gasteiger partial charge is 0.504 e. The van der Waals surface area contributed by atoms with Crippen molar-refractivity contribution in [1.29, 1.82) is 0 Å². The molecule has 0 fully saturated rings. The third-order valence-electron chi connectivity index (χ3n) is 5.02. The molecule has 3 N–H and O–H groups in total. The smallest absolute Gasteiger partial charge is 0.271 e. The number of methoxy groups -OCH3 is 1. The van der Waals surface area contributed by atoms with Crippen molar-refractivity contribution < 1.29 is 14.6 Å². The fourth-order valence-corrected chi connectivity index (χ4v) is 4.08. The molecular formula is C21H20BrN3O3. The third-order valence-corrected chi connectivity index (χ3v) is 5.48. The van der Waals surface area contributed by atoms with Crippen LogP contribution in [-0.2, 0) is 12.8 Å². The number of carbonyl (C=O) groups excluding carboxylic acids is 1. The van der Waals surface area contributed by atoms with Gasteiger partial charge in [0.2, 0.25) is 0 Å². The number of hydrogen-bond acceptors (Lipinski definition) is 4. The molecule has 4 rings (SSSR count). The fourth-order valence-electron chi connectivity index (χ4n) is 3.62. The van der Waals surface area contributed by atoms with Crippen LogP contribution in [0.15, 0.2) is 39.9 Å². The van der Waals surface area contributed by atoms with Gasteiger partial charge in [-0.1, -0.05) is 15.9 Å². The number of halogens is 1. The lowest BCUT2D eigenvalue weighted by atomic mass is 9.95. The summed E-state index contributed by atoms with van der Waals surface area (Å²) in [5, 5.41) is 15.2. The number of hydrogen-bond donors (Lipinski definition) is 3. The van der Waals surface area contributed by atoms with Crippen molar-refractivity contribution in [2.24, 2.45) is 5.10 Å². The summed E-state index contributed by atoms with van der Waals surface area (Å²) in [4.78, 5) is 16.0. The van der Waals surface area contributed by atoms with Crippen molar-refractivity contribution in [3.05, 3.63) is 57.2 Å². The average molecular weight is 442 g/mol. The van der Waals surface area contributed by atoms with Crippen LogP contribution in [0.25, 0.3) is 10.9 Å². The second-order valence-electron chi connectivity index (χ2n) is 6.79. The zero-order valence-corrected chi connectivity index (χ0v) is 17.0. The Morgan fingerprint density at radius 1 is 1.29 bits per heavy atom. The van der Waals surface area contributed by atoms with Crippen LogP contribution in [0.5, 0.6) is 11.5 Å². The van der Waals surface area contributed by atoms with E-state index in [0.29, 0.717) is 16.9 Å². The molecule has 0 aliphatic heterocycles. The molecule has 6 nitrogen and oxygen atoms in total. The number of rotatable bonds is 4. The summed E-state index contributed by atoms with van der Waals surface area (Å²) < 4.78 is 5.84. The topological polar surface area (TPSA) is 86.7 Å². The van der Waals surface area contributed by atoms with Crippen LogP contribution in [0.3, 0.4) is 0 Å². The lowest BCUT2D eigenvalue weighted by molar-refractivity contribution is 0.0955. The molecule has 0 saturated heterocycles. The number of carbonyl (C=O) groups is 1. The molecule has 144 valence electrons. The van der Waals surface area contributed by atoms with E-state index in [2.05, 4.69) is 31.4 Å². The lowest BCUT2D eigenvalue weighted by Crippen LogP contribution is -2.17. The van der Waals surface area contributed by atoms with E-state index in [-0.39, 0.29) is 11.7 Å². The number of amides is 1. The summed E-state index contributed by atoms with van der Waals surface area (Å²) in [6, 6.07) is 8.98. The monoisotopic (exact) mass is 441 g/mol. The maximum Gasteiger partial charge on any atom is 0.271 e. The van der Waals surface area contributed by atoms with Gasteiger partial charge in [-0.3, -0.25) is 4.79 Å². The second-order valence-corrected chi connectivity index (χ2v) is 7.71. The number of fused-ring (bicyclic) bond motifs is 3. The first-order valence-corrected chi connectivity index (χ1v) is 9.89. The SMILES string of the molecule is COc1cc(Br)cc(/C=N\NC(=O)c2ccc3[nH]c4c(c3c2)CCCC4)c1O. The number of hydrazone groups is 1. The Hall–Kier alpha value is -2.80. The Bertz CT molecular complexity index is 1090. The number of aryl methyl sites for hydroxylation is 2. The number of ether oxygens (including phenoxy) is 1. The van der Waals surface area contributed by atoms with Crippen molar-refractivity contribution >= 4 is 39.0 Å². The molecule has 3 aromatic rings. The van der Waals surface area contributed by atoms with Gasteiger partial charge < -0.3 is 14.8 Å². The molecule has 28 heavy (non-hydrogen) atoms. The fraction of sp³-hybridized carbons (Fsp3) is 0.238. The number of H-pyrrole nitrogens is 1. The van der Waals surface area contributed by atoms with Crippen molar-refractivity contribution in [2.45, 2.75) is 25.7 Å². The van der Waals surface area contributed by atoms with E-state index in [1.54, 1.807) is 18.2 Å². The summed E-state index contributed by atoms with van der Waals surface area (Å²) in [5.74, 6) is -0.0146. The van der Waals surface area contributed by atoms with Crippen molar-refractivity contribution in [2.75, 3.05) is 7.11 Å². The van der Waals surface area contributed by atoms with Gasteiger partial charge in [-0.25, -0.2) is 5.43 Å². The van der Waals surface area contributed by atoms with E-state index >= 15 is 0 Å². The van der Waals surface area contributed by atoms with Crippen LogP contribution in [0.1, 0.15) is 40.0 Å². The van der Waals surface area contributed by atoms with Gasteiger partial charge in [-0.2, -0.15) is 5.10 Å². The number of nitrogens with one attached hydrogen (secondary N) is 2. The summed E-state index contributed by atoms with van der Waals surface area (Å²) in [6.07, 6.45) is 5.88. The lowest BCUT2D eigenvalue weighted by Gasteiger charge is -2.10. The van der Waals surface area contributed by atoms with Gasteiger partial charge >= 0.3 is 0 Å². The number of nitrogens with zero attached hydrogens (tertiary/aromatic N) is 1. The molecule has 1 aliphatic carbocycles. The van der Waals surface area contributed by atoms with Gasteiger partial charge in [0, 0.05) is 32.2 Å². The normalized spacial score (nSPS) is 13.6. The molecule has 1 heterocycles. The van der Waals surface area contributed by atoms with E-state index in [1.165, 1.54) is 37.4 Å². The molecule has 1 aliphatic rings. The van der Waals surface area contributed by atoms with Crippen LogP contribution >= 0.6 is 15.9 Å². The Kier molecular flexibility index (Phi) is 5.09. The van der Waals surface area contributed by atoms with Crippen LogP contribution < -0.4 is 10.2 Å². The van der Waals surface area contributed by atoms with Crippen LogP contribution in [0.4, 0.5) is 0 Å². The van der Waals surface area contributed by atoms with E-state index in [4.69, 9.17) is 4.74 Å². The summed E-state index contributed by atoms with van der Waals surface area (Å²) in [5.41, 5.74) is 7.18. The van der Waals surface area contributed by atoms with Crippen LogP contribution in [-0.4, -0.2) is 29.3 Å². The molecule has 1 amide bonds. The molecule has 0 saturated carbocycles. The summed E-state index contributed by atoms with van der Waals surface area (Å²) in [7, 11) is 1.47. The van der Waals surface area contributed by atoms with E-state index in [9.17, 15) is 9.90 Å². The first-order chi connectivity index (χ1) is 13.6. The van der Waals surface area contributed by atoms with Gasteiger partial charge in [0.25, 0.3) is 5.91 Å². The predicted molar refractivity (Wildman–Crippen MR) is 112 cm³/mol. The van der Waals surface area contributed by atoms with E-state index in [0.717, 1.165) is 28.2 Å². The maximum atomic E-state index is 12.5. The van der Waals surface area contributed by atoms with E-state index < -0.39 is 0 Å². The van der Waals surface area contributed by atoms with Crippen LogP contribution in [0, 0.1) is 0 Å². The Labute approximate surface area is 170 Å². The number of benzene rings is 2. The average Bonchev–Trinajstić information content (AvgIpc) is 3.08. The van der Waals surface area contributed by atoms with Gasteiger partial charge in [-0.05, 0) is 61.6 Å². The van der Waals surface area contributed by atoms with Gasteiger partial charge in [-0.15, -0.1) is 0 Å². The molecule has 0 atom stereocenters. The van der Waals surface area contributed by atoms with E-state index in [1.807, 2.05) is 12.1 Å². The first kappa shape index (κ1) is 18.6. The van der Waals surface area contributed by atoms with Crippen molar-refractivity contribution in [3.8, 4) is 11.5 Å². The molecule has 7 heteroatoms. The number of phenolic OH excluding ortho intramolecular Hbond substituents is 1. The number of phenols is 1. The van der Waals surface area contributed by atoms with Crippen molar-refractivity contribution in [3.63, 3.8) is 0 Å². The minimum absolute atomic E-state index is 0.0379. The molecule has 2 aromatic carbocycles. The molecular weight excluding hydrogens is 422 g/mol. The zero-order chi connectivity index (χ0) is 19.7. The zero-order valence-electron chi connectivity index (χ0n) is 15.4. The number of aromatic hydroxyl groups is 1. The van der Waals surface area contributed by atoms with Crippen LogP contribution in [0.2, 0.25) is 0 Å². The molecule has 0 unspecified atom stereocenters. The van der Waals surface area contributed by atoms with Gasteiger partial charge in [0.05, 0.1) is 13.3 Å². The summed E-state index contributed by atoms with van der Waals surface area (Å²) in [6.45, 7) is 0. The Morgan fingerprint density at radius 2 is 2.11 bits per heavy atom. The molecule has 0 radical (unpaired) electrons. The minimum atomic E-state index is -0.301. The summed E-state index contributed by atoms with van der Waals surface area (Å²) >= 11 is 3.35. The van der Waals surface area contributed by atoms with Gasteiger partial charge in [0.1, 0.15) is 0 Å². The second kappa shape index (κ2) is 7.67. The quantitative estimate of drug-likeness (QED) is 0.416. The number of aromatic amines is 1. The number of aromatic nitrogens is 1. The minimum Gasteiger partial charge on any atom is -0.504 e. The first-order valence-electron chi connectivity index (χ1n) is 9.10. The van der Waals surface area contributed by atoms with Crippen molar-refractivity contribution in [1.82, 2.24) is 10.4 Å². The maximum absolute atomic E-state index is 12.5. The standard InChI is InChI=1S/C21H20BrN3O3/c1-28-19-10-14(22)8-13(20(19)26)11-23-25-21(27)12-6-7-18-16(9-12)15-4-2-3-5-17(15)24-18/h6-11,24,26H,2-5H2,1H3,(H,25,27)/b23-11-.